The number of benzene rings is 2. The molecular formula is C17H17NO2S. The van der Waals surface area contributed by atoms with Crippen molar-refractivity contribution in [3.05, 3.63) is 72.3 Å². The summed E-state index contributed by atoms with van der Waals surface area (Å²) >= 11 is 0. The first kappa shape index (κ1) is 15.1. The van der Waals surface area contributed by atoms with Gasteiger partial charge in [-0.15, -0.1) is 0 Å². The number of anilines is 1. The second-order valence-corrected chi connectivity index (χ2v) is 6.36. The van der Waals surface area contributed by atoms with Crippen LogP contribution in [0.1, 0.15) is 16.7 Å². The van der Waals surface area contributed by atoms with Gasteiger partial charge >= 0.3 is 0 Å². The molecule has 0 aliphatic heterocycles. The SMILES string of the molecule is C=Cc1ccc(NS(=O)(=O)c2ccc(C)cc2)c(C=C)c1. The monoisotopic (exact) mass is 299 g/mol. The van der Waals surface area contributed by atoms with Gasteiger partial charge in [-0.25, -0.2) is 8.42 Å². The van der Waals surface area contributed by atoms with E-state index in [-0.39, 0.29) is 4.90 Å². The molecule has 0 amide bonds. The summed E-state index contributed by atoms with van der Waals surface area (Å²) in [5, 5.41) is 0. The van der Waals surface area contributed by atoms with Crippen LogP contribution in [0.25, 0.3) is 12.2 Å². The molecule has 0 fully saturated rings. The molecule has 0 radical (unpaired) electrons. The average molecular weight is 299 g/mol. The van der Waals surface area contributed by atoms with Crippen molar-refractivity contribution in [1.29, 1.82) is 0 Å². The average Bonchev–Trinajstić information content (AvgIpc) is 2.47. The molecule has 108 valence electrons. The van der Waals surface area contributed by atoms with Gasteiger partial charge in [0.1, 0.15) is 0 Å². The van der Waals surface area contributed by atoms with E-state index in [0.717, 1.165) is 11.1 Å². The maximum Gasteiger partial charge on any atom is 0.261 e. The molecule has 2 aromatic rings. The Bertz CT molecular complexity index is 775. The van der Waals surface area contributed by atoms with Gasteiger partial charge in [-0.3, -0.25) is 4.72 Å². The van der Waals surface area contributed by atoms with E-state index in [1.807, 2.05) is 13.0 Å². The molecule has 0 saturated heterocycles. The fourth-order valence-corrected chi connectivity index (χ4v) is 2.98. The van der Waals surface area contributed by atoms with Gasteiger partial charge in [-0.05, 0) is 42.3 Å². The molecule has 3 nitrogen and oxygen atoms in total. The van der Waals surface area contributed by atoms with E-state index < -0.39 is 10.0 Å². The first-order valence-electron chi connectivity index (χ1n) is 6.44. The van der Waals surface area contributed by atoms with Crippen LogP contribution in [0.3, 0.4) is 0 Å². The predicted octanol–water partition coefficient (Wildman–Crippen LogP) is 4.08. The summed E-state index contributed by atoms with van der Waals surface area (Å²) in [5.41, 5.74) is 3.12. The Morgan fingerprint density at radius 2 is 1.67 bits per heavy atom. The van der Waals surface area contributed by atoms with Crippen LogP contribution in [0.5, 0.6) is 0 Å². The molecule has 21 heavy (non-hydrogen) atoms. The van der Waals surface area contributed by atoms with Gasteiger partial charge in [-0.2, -0.15) is 0 Å². The Morgan fingerprint density at radius 1 is 1.00 bits per heavy atom. The summed E-state index contributed by atoms with van der Waals surface area (Å²) < 4.78 is 27.3. The lowest BCUT2D eigenvalue weighted by Crippen LogP contribution is -2.13. The van der Waals surface area contributed by atoms with E-state index >= 15 is 0 Å². The lowest BCUT2D eigenvalue weighted by atomic mass is 10.1. The Hall–Kier alpha value is -2.33. The molecule has 4 heteroatoms. The maximum atomic E-state index is 12.4. The number of hydrogen-bond acceptors (Lipinski definition) is 2. The minimum Gasteiger partial charge on any atom is -0.279 e. The standard InChI is InChI=1S/C17H17NO2S/c1-4-14-8-11-17(15(5-2)12-14)18-21(19,20)16-9-6-13(3)7-10-16/h4-12,18H,1-2H2,3H3. The van der Waals surface area contributed by atoms with E-state index in [1.165, 1.54) is 0 Å². The van der Waals surface area contributed by atoms with Gasteiger partial charge in [0, 0.05) is 0 Å². The van der Waals surface area contributed by atoms with Gasteiger partial charge in [0.15, 0.2) is 0 Å². The summed E-state index contributed by atoms with van der Waals surface area (Å²) in [6, 6.07) is 12.0. The van der Waals surface area contributed by atoms with Crippen LogP contribution in [0.15, 0.2) is 60.5 Å². The van der Waals surface area contributed by atoms with Crippen LogP contribution in [-0.2, 0) is 10.0 Å². The molecule has 0 unspecified atom stereocenters. The third kappa shape index (κ3) is 3.41. The summed E-state index contributed by atoms with van der Waals surface area (Å²) in [4.78, 5) is 0.232. The Kier molecular flexibility index (Phi) is 4.29. The minimum absolute atomic E-state index is 0.232. The Morgan fingerprint density at radius 3 is 2.24 bits per heavy atom. The molecule has 2 rings (SSSR count). The number of rotatable bonds is 5. The third-order valence-corrected chi connectivity index (χ3v) is 4.49. The first-order valence-corrected chi connectivity index (χ1v) is 7.93. The van der Waals surface area contributed by atoms with Crippen LogP contribution < -0.4 is 4.72 Å². The van der Waals surface area contributed by atoms with E-state index in [4.69, 9.17) is 0 Å². The maximum absolute atomic E-state index is 12.4. The number of hydrogen-bond donors (Lipinski definition) is 1. The summed E-state index contributed by atoms with van der Waals surface area (Å²) in [6.45, 7) is 9.32. The normalized spacial score (nSPS) is 10.9. The largest absolute Gasteiger partial charge is 0.279 e. The van der Waals surface area contributed by atoms with Crippen molar-refractivity contribution in [2.45, 2.75) is 11.8 Å². The molecular weight excluding hydrogens is 282 g/mol. The highest BCUT2D eigenvalue weighted by molar-refractivity contribution is 7.92. The molecule has 0 spiro atoms. The molecule has 0 saturated carbocycles. The van der Waals surface area contributed by atoms with Crippen LogP contribution in [0.2, 0.25) is 0 Å². The zero-order valence-electron chi connectivity index (χ0n) is 11.8. The molecule has 0 bridgehead atoms. The van der Waals surface area contributed by atoms with Gasteiger partial charge < -0.3 is 0 Å². The van der Waals surface area contributed by atoms with Crippen LogP contribution in [0, 0.1) is 6.92 Å². The molecule has 2 aromatic carbocycles. The topological polar surface area (TPSA) is 46.2 Å². The number of sulfonamides is 1. The summed E-state index contributed by atoms with van der Waals surface area (Å²) in [7, 11) is -3.61. The quantitative estimate of drug-likeness (QED) is 0.904. The lowest BCUT2D eigenvalue weighted by molar-refractivity contribution is 0.601. The molecule has 0 aliphatic rings. The molecule has 0 atom stereocenters. The second kappa shape index (κ2) is 5.97. The van der Waals surface area contributed by atoms with Crippen LogP contribution in [0.4, 0.5) is 5.69 Å². The Labute approximate surface area is 125 Å². The van der Waals surface area contributed by atoms with Crippen molar-refractivity contribution in [3.63, 3.8) is 0 Å². The van der Waals surface area contributed by atoms with E-state index in [2.05, 4.69) is 17.9 Å². The van der Waals surface area contributed by atoms with E-state index in [0.29, 0.717) is 11.3 Å². The van der Waals surface area contributed by atoms with Crippen molar-refractivity contribution < 1.29 is 8.42 Å². The molecule has 1 N–H and O–H groups in total. The highest BCUT2D eigenvalue weighted by Gasteiger charge is 2.15. The zero-order chi connectivity index (χ0) is 15.5. The number of nitrogens with one attached hydrogen (secondary N) is 1. The molecule has 0 aliphatic carbocycles. The van der Waals surface area contributed by atoms with E-state index in [1.54, 1.807) is 48.6 Å². The van der Waals surface area contributed by atoms with Crippen molar-refractivity contribution in [2.75, 3.05) is 4.72 Å². The van der Waals surface area contributed by atoms with Crippen molar-refractivity contribution in [3.8, 4) is 0 Å². The first-order chi connectivity index (χ1) is 9.96. The van der Waals surface area contributed by atoms with E-state index in [9.17, 15) is 8.42 Å². The zero-order valence-corrected chi connectivity index (χ0v) is 12.7. The van der Waals surface area contributed by atoms with Gasteiger partial charge in [0.05, 0.1) is 10.6 Å². The van der Waals surface area contributed by atoms with Gasteiger partial charge in [0.25, 0.3) is 10.0 Å². The molecule has 0 aromatic heterocycles. The minimum atomic E-state index is -3.61. The predicted molar refractivity (Wildman–Crippen MR) is 88.6 cm³/mol. The smallest absolute Gasteiger partial charge is 0.261 e. The highest BCUT2D eigenvalue weighted by Crippen LogP contribution is 2.23. The fourth-order valence-electron chi connectivity index (χ4n) is 1.89. The summed E-state index contributed by atoms with van der Waals surface area (Å²) in [6.07, 6.45) is 3.31. The fraction of sp³-hybridized carbons (Fsp3) is 0.0588. The highest BCUT2D eigenvalue weighted by atomic mass is 32.2. The van der Waals surface area contributed by atoms with Crippen molar-refractivity contribution >= 4 is 27.9 Å². The number of aryl methyl sites for hydroxylation is 1. The van der Waals surface area contributed by atoms with Gasteiger partial charge in [-0.1, -0.05) is 49.1 Å². The van der Waals surface area contributed by atoms with Crippen LogP contribution in [-0.4, -0.2) is 8.42 Å². The second-order valence-electron chi connectivity index (χ2n) is 4.67. The van der Waals surface area contributed by atoms with Crippen LogP contribution >= 0.6 is 0 Å². The molecule has 0 heterocycles. The lowest BCUT2D eigenvalue weighted by Gasteiger charge is -2.11. The van der Waals surface area contributed by atoms with Crippen molar-refractivity contribution in [2.24, 2.45) is 0 Å². The van der Waals surface area contributed by atoms with Crippen molar-refractivity contribution in [1.82, 2.24) is 0 Å². The third-order valence-electron chi connectivity index (χ3n) is 3.11. The van der Waals surface area contributed by atoms with Gasteiger partial charge in [0.2, 0.25) is 0 Å². The Balaban J connectivity index is 2.38. The summed E-state index contributed by atoms with van der Waals surface area (Å²) in [5.74, 6) is 0.